The summed E-state index contributed by atoms with van der Waals surface area (Å²) in [6.45, 7) is 2.83. The number of hydrogen-bond donors (Lipinski definition) is 1. The fourth-order valence-corrected chi connectivity index (χ4v) is 4.27. The minimum atomic E-state index is -3.34. The smallest absolute Gasteiger partial charge is 0.272 e. The maximum atomic E-state index is 12.4. The van der Waals surface area contributed by atoms with Gasteiger partial charge in [-0.3, -0.25) is 5.32 Å². The lowest BCUT2D eigenvalue weighted by molar-refractivity contribution is -0.364. The number of nitrogens with one attached hydrogen (secondary N) is 2. The Labute approximate surface area is 125 Å². The van der Waals surface area contributed by atoms with Crippen molar-refractivity contribution < 1.29 is 18.1 Å². The maximum absolute atomic E-state index is 12.4. The molecule has 21 heavy (non-hydrogen) atoms. The topological polar surface area (TPSA) is 72.8 Å². The first-order chi connectivity index (χ1) is 10.2. The molecule has 0 saturated carbocycles. The molecule has 0 spiro atoms. The van der Waals surface area contributed by atoms with Gasteiger partial charge in [-0.05, 0) is 31.7 Å². The molecular weight excluding hydrogens is 290 g/mol. The van der Waals surface area contributed by atoms with Crippen LogP contribution in [0.3, 0.4) is 0 Å². The summed E-state index contributed by atoms with van der Waals surface area (Å²) in [6.07, 6.45) is 5.91. The van der Waals surface area contributed by atoms with E-state index in [1.165, 1.54) is 0 Å². The van der Waals surface area contributed by atoms with Crippen molar-refractivity contribution >= 4 is 15.8 Å². The second-order valence-corrected chi connectivity index (χ2v) is 7.50. The predicted octanol–water partition coefficient (Wildman–Crippen LogP) is 0.876. The Morgan fingerprint density at radius 1 is 1.29 bits per heavy atom. The first kappa shape index (κ1) is 14.7. The third-order valence-electron chi connectivity index (χ3n) is 4.03. The Balaban J connectivity index is 1.63. The molecule has 116 valence electrons. The van der Waals surface area contributed by atoms with Crippen LogP contribution in [0, 0.1) is 0 Å². The molecule has 1 atom stereocenters. The van der Waals surface area contributed by atoms with Crippen LogP contribution >= 0.6 is 0 Å². The van der Waals surface area contributed by atoms with Gasteiger partial charge in [-0.2, -0.15) is 4.31 Å². The van der Waals surface area contributed by atoms with E-state index < -0.39 is 10.0 Å². The largest absolute Gasteiger partial charge is 0.374 e. The minimum Gasteiger partial charge on any atom is -0.374 e. The zero-order valence-corrected chi connectivity index (χ0v) is 12.9. The fourth-order valence-electron chi connectivity index (χ4n) is 2.79. The number of sulfonamides is 1. The van der Waals surface area contributed by atoms with E-state index in [9.17, 15) is 8.42 Å². The number of nitrogens with zero attached hydrogens (tertiary/aromatic N) is 1. The molecule has 7 heteroatoms. The molecule has 2 aliphatic heterocycles. The molecule has 2 aliphatic rings. The van der Waals surface area contributed by atoms with Gasteiger partial charge in [-0.1, -0.05) is 0 Å². The lowest BCUT2D eigenvalue weighted by atomic mass is 10.2. The van der Waals surface area contributed by atoms with Crippen molar-refractivity contribution in [3.8, 4) is 0 Å². The summed E-state index contributed by atoms with van der Waals surface area (Å²) in [6, 6.07) is 3.43. The Bertz CT molecular complexity index is 562. The molecule has 0 unspecified atom stereocenters. The van der Waals surface area contributed by atoms with Gasteiger partial charge >= 0.3 is 0 Å². The number of ether oxygens (including phenoxy) is 1. The van der Waals surface area contributed by atoms with Crippen molar-refractivity contribution in [1.29, 1.82) is 0 Å². The van der Waals surface area contributed by atoms with Crippen molar-refractivity contribution in [2.24, 2.45) is 0 Å². The molecule has 2 saturated heterocycles. The first-order valence-corrected chi connectivity index (χ1v) is 8.98. The van der Waals surface area contributed by atoms with Crippen LogP contribution in [0.1, 0.15) is 25.7 Å². The molecular formula is C14H22N3O3S+. The summed E-state index contributed by atoms with van der Waals surface area (Å²) in [5.74, 6) is 0.811. The van der Waals surface area contributed by atoms with Gasteiger partial charge in [-0.25, -0.2) is 13.4 Å². The van der Waals surface area contributed by atoms with E-state index in [1.807, 2.05) is 0 Å². The van der Waals surface area contributed by atoms with Crippen molar-refractivity contribution in [3.05, 3.63) is 18.3 Å². The summed E-state index contributed by atoms with van der Waals surface area (Å²) >= 11 is 0. The van der Waals surface area contributed by atoms with Crippen LogP contribution in [0.25, 0.3) is 0 Å². The number of anilines is 1. The lowest BCUT2D eigenvalue weighted by Crippen LogP contribution is -2.29. The van der Waals surface area contributed by atoms with Crippen LogP contribution < -0.4 is 10.3 Å². The third-order valence-corrected chi connectivity index (χ3v) is 5.93. The zero-order valence-electron chi connectivity index (χ0n) is 12.0. The van der Waals surface area contributed by atoms with Crippen molar-refractivity contribution in [2.75, 3.05) is 31.6 Å². The molecule has 0 amide bonds. The van der Waals surface area contributed by atoms with Crippen LogP contribution in [-0.2, 0) is 14.8 Å². The number of aromatic amines is 1. The third kappa shape index (κ3) is 3.36. The van der Waals surface area contributed by atoms with Crippen molar-refractivity contribution in [2.45, 2.75) is 36.7 Å². The van der Waals surface area contributed by atoms with Gasteiger partial charge in [0.05, 0.1) is 6.10 Å². The predicted molar refractivity (Wildman–Crippen MR) is 78.5 cm³/mol. The molecule has 1 aromatic rings. The standard InChI is InChI=1S/C14H21N3O3S/c18-21(19,17-7-1-2-8-17)13-5-6-14(16-11-13)15-10-12-4-3-9-20-12/h5-6,11-12H,1-4,7-10H2,(H,15,16)/p+1/t12-/m1/s1. The molecule has 3 rings (SSSR count). The molecule has 1 aromatic heterocycles. The number of aromatic nitrogens is 1. The van der Waals surface area contributed by atoms with Crippen LogP contribution in [-0.4, -0.2) is 45.1 Å². The summed E-state index contributed by atoms with van der Waals surface area (Å²) in [4.78, 5) is 3.34. The second kappa shape index (κ2) is 6.29. The number of pyridine rings is 1. The Morgan fingerprint density at radius 2 is 2.10 bits per heavy atom. The van der Waals surface area contributed by atoms with Gasteiger partial charge in [0.2, 0.25) is 10.0 Å². The van der Waals surface area contributed by atoms with Gasteiger partial charge in [0.25, 0.3) is 5.82 Å². The van der Waals surface area contributed by atoms with Crippen LogP contribution in [0.4, 0.5) is 5.82 Å². The normalized spacial score (nSPS) is 23.5. The Morgan fingerprint density at radius 3 is 2.71 bits per heavy atom. The van der Waals surface area contributed by atoms with Crippen molar-refractivity contribution in [1.82, 2.24) is 4.31 Å². The first-order valence-electron chi connectivity index (χ1n) is 7.53. The monoisotopic (exact) mass is 312 g/mol. The Kier molecular flexibility index (Phi) is 4.42. The van der Waals surface area contributed by atoms with E-state index in [1.54, 1.807) is 22.6 Å². The van der Waals surface area contributed by atoms with Gasteiger partial charge in [0, 0.05) is 25.8 Å². The Hall–Kier alpha value is -1.18. The van der Waals surface area contributed by atoms with E-state index in [4.69, 9.17) is 4.74 Å². The highest BCUT2D eigenvalue weighted by molar-refractivity contribution is 7.89. The van der Waals surface area contributed by atoms with E-state index in [-0.39, 0.29) is 6.10 Å². The zero-order chi connectivity index (χ0) is 14.7. The van der Waals surface area contributed by atoms with Crippen LogP contribution in [0.5, 0.6) is 0 Å². The summed E-state index contributed by atoms with van der Waals surface area (Å²) in [5.41, 5.74) is 0. The summed E-state index contributed by atoms with van der Waals surface area (Å²) in [5, 5.41) is 3.25. The van der Waals surface area contributed by atoms with Crippen LogP contribution in [0.2, 0.25) is 0 Å². The highest BCUT2D eigenvalue weighted by Crippen LogP contribution is 2.20. The number of rotatable bonds is 5. The van der Waals surface area contributed by atoms with Crippen molar-refractivity contribution in [3.63, 3.8) is 0 Å². The minimum absolute atomic E-state index is 0.256. The van der Waals surface area contributed by atoms with Gasteiger partial charge in [-0.15, -0.1) is 0 Å². The highest BCUT2D eigenvalue weighted by Gasteiger charge is 2.28. The fraction of sp³-hybridized carbons (Fsp3) is 0.643. The summed E-state index contributed by atoms with van der Waals surface area (Å²) in [7, 11) is -3.34. The van der Waals surface area contributed by atoms with E-state index in [0.717, 1.165) is 44.7 Å². The van der Waals surface area contributed by atoms with Crippen LogP contribution in [0.15, 0.2) is 23.2 Å². The SMILES string of the molecule is O=S(=O)(c1ccc(NC[C@H]2CCCO2)[nH+]c1)N1CCCC1. The molecule has 2 fully saturated rings. The van der Waals surface area contributed by atoms with E-state index >= 15 is 0 Å². The molecule has 0 aromatic carbocycles. The van der Waals surface area contributed by atoms with Gasteiger partial charge in [0.15, 0.2) is 0 Å². The average Bonchev–Trinajstić information content (AvgIpc) is 3.19. The molecule has 6 nitrogen and oxygen atoms in total. The molecule has 0 bridgehead atoms. The second-order valence-electron chi connectivity index (χ2n) is 5.57. The molecule has 3 heterocycles. The molecule has 0 radical (unpaired) electrons. The van der Waals surface area contributed by atoms with Gasteiger partial charge in [0.1, 0.15) is 17.6 Å². The average molecular weight is 312 g/mol. The maximum Gasteiger partial charge on any atom is 0.272 e. The quantitative estimate of drug-likeness (QED) is 0.876. The number of H-pyrrole nitrogens is 1. The summed E-state index contributed by atoms with van der Waals surface area (Å²) < 4.78 is 31.8. The van der Waals surface area contributed by atoms with E-state index in [0.29, 0.717) is 18.0 Å². The van der Waals surface area contributed by atoms with E-state index in [2.05, 4.69) is 10.3 Å². The van der Waals surface area contributed by atoms with Gasteiger partial charge < -0.3 is 4.74 Å². The number of hydrogen-bond acceptors (Lipinski definition) is 4. The lowest BCUT2D eigenvalue weighted by Gasteiger charge is -2.14. The highest BCUT2D eigenvalue weighted by atomic mass is 32.2. The molecule has 2 N–H and O–H groups in total. The molecule has 0 aliphatic carbocycles.